The average Bonchev–Trinajstić information content (AvgIpc) is 3.65. The molecule has 0 unspecified atom stereocenters. The summed E-state index contributed by atoms with van der Waals surface area (Å²) < 4.78 is 30.7. The van der Waals surface area contributed by atoms with Gasteiger partial charge in [-0.2, -0.15) is 20.0 Å². The number of amides is 1. The van der Waals surface area contributed by atoms with Gasteiger partial charge in [-0.05, 0) is 38.0 Å². The van der Waals surface area contributed by atoms with Crippen LogP contribution >= 0.6 is 0 Å². The molecule has 1 aliphatic rings. The van der Waals surface area contributed by atoms with E-state index < -0.39 is 11.9 Å². The number of likely N-dealkylation sites (tertiary alicyclic amines) is 1. The average molecular weight is 479 g/mol. The Hall–Kier alpha value is -4.35. The van der Waals surface area contributed by atoms with Crippen LogP contribution in [0, 0.1) is 5.82 Å². The Morgan fingerprint density at radius 3 is 2.86 bits per heavy atom. The molecule has 4 heterocycles. The van der Waals surface area contributed by atoms with Crippen LogP contribution in [-0.4, -0.2) is 61.2 Å². The number of methoxy groups -OCH3 is 1. The number of carbonyl (C=O) groups excluding carboxylic acids is 1. The van der Waals surface area contributed by atoms with Gasteiger partial charge < -0.3 is 18.9 Å². The molecule has 1 aromatic carbocycles. The first-order chi connectivity index (χ1) is 17.1. The lowest BCUT2D eigenvalue weighted by atomic mass is 10.1. The van der Waals surface area contributed by atoms with Crippen LogP contribution in [0.3, 0.4) is 0 Å². The standard InChI is InChI=1S/C23H22FN7O4/c1-3-34-21-14(6-4-8-25-21)20-28-22(35-29-20)17-7-5-11-30(17)23(32)15-12-19(33-2)16(24)13-18(15)31-26-9-10-27-31/h4,6,8-10,12-13,17H,3,5,7,11H2,1-2H3/t17-/m0/s1. The number of aromatic nitrogens is 6. The minimum atomic E-state index is -0.627. The molecule has 0 saturated carbocycles. The summed E-state index contributed by atoms with van der Waals surface area (Å²) in [5, 5.41) is 12.2. The van der Waals surface area contributed by atoms with Gasteiger partial charge in [0.05, 0.1) is 37.2 Å². The SMILES string of the molecule is CCOc1ncccc1-c1noc([C@@H]2CCCN2C(=O)c2cc(OC)c(F)cc2-n2nccn2)n1. The smallest absolute Gasteiger partial charge is 0.256 e. The molecule has 1 amide bonds. The second-order valence-electron chi connectivity index (χ2n) is 7.72. The van der Waals surface area contributed by atoms with Gasteiger partial charge in [0.2, 0.25) is 17.6 Å². The summed E-state index contributed by atoms with van der Waals surface area (Å²) in [6.07, 6.45) is 5.88. The summed E-state index contributed by atoms with van der Waals surface area (Å²) in [6.45, 7) is 2.76. The third kappa shape index (κ3) is 4.18. The predicted octanol–water partition coefficient (Wildman–Crippen LogP) is 3.24. The zero-order valence-corrected chi connectivity index (χ0v) is 19.1. The fourth-order valence-electron chi connectivity index (χ4n) is 4.09. The fraction of sp³-hybridized carbons (Fsp3) is 0.304. The van der Waals surface area contributed by atoms with Crippen molar-refractivity contribution >= 4 is 5.91 Å². The highest BCUT2D eigenvalue weighted by molar-refractivity contribution is 5.98. The fourth-order valence-corrected chi connectivity index (χ4v) is 4.09. The van der Waals surface area contributed by atoms with Crippen LogP contribution in [0.25, 0.3) is 17.1 Å². The van der Waals surface area contributed by atoms with Crippen molar-refractivity contribution in [1.29, 1.82) is 0 Å². The molecule has 11 nitrogen and oxygen atoms in total. The van der Waals surface area contributed by atoms with Gasteiger partial charge in [-0.3, -0.25) is 4.79 Å². The van der Waals surface area contributed by atoms with Crippen LogP contribution in [0.1, 0.15) is 42.1 Å². The zero-order chi connectivity index (χ0) is 24.4. The molecule has 4 aromatic rings. The van der Waals surface area contributed by atoms with Gasteiger partial charge in [0.15, 0.2) is 11.6 Å². The van der Waals surface area contributed by atoms with E-state index in [1.165, 1.54) is 36.4 Å². The Kier molecular flexibility index (Phi) is 6.08. The van der Waals surface area contributed by atoms with Crippen molar-refractivity contribution in [3.63, 3.8) is 0 Å². The van der Waals surface area contributed by atoms with Gasteiger partial charge in [-0.15, -0.1) is 0 Å². The minimum Gasteiger partial charge on any atom is -0.494 e. The summed E-state index contributed by atoms with van der Waals surface area (Å²) >= 11 is 0. The van der Waals surface area contributed by atoms with Crippen LogP contribution in [0.2, 0.25) is 0 Å². The molecule has 0 spiro atoms. The molecule has 0 radical (unpaired) electrons. The monoisotopic (exact) mass is 479 g/mol. The number of pyridine rings is 1. The Labute approximate surface area is 199 Å². The number of ether oxygens (including phenoxy) is 2. The number of halogens is 1. The van der Waals surface area contributed by atoms with E-state index in [9.17, 15) is 9.18 Å². The highest BCUT2D eigenvalue weighted by atomic mass is 19.1. The van der Waals surface area contributed by atoms with E-state index in [1.807, 2.05) is 6.92 Å². The van der Waals surface area contributed by atoms with E-state index in [-0.39, 0.29) is 22.9 Å². The maximum atomic E-state index is 14.5. The Morgan fingerprint density at radius 2 is 2.09 bits per heavy atom. The zero-order valence-electron chi connectivity index (χ0n) is 19.1. The number of nitrogens with zero attached hydrogens (tertiary/aromatic N) is 7. The lowest BCUT2D eigenvalue weighted by Gasteiger charge is -2.23. The second-order valence-corrected chi connectivity index (χ2v) is 7.72. The second kappa shape index (κ2) is 9.49. The van der Waals surface area contributed by atoms with E-state index in [0.29, 0.717) is 42.7 Å². The van der Waals surface area contributed by atoms with Crippen molar-refractivity contribution in [2.75, 3.05) is 20.3 Å². The molecule has 0 aliphatic carbocycles. The minimum absolute atomic E-state index is 0.0555. The molecule has 3 aromatic heterocycles. The molecule has 35 heavy (non-hydrogen) atoms. The van der Waals surface area contributed by atoms with Gasteiger partial charge in [-0.25, -0.2) is 9.37 Å². The lowest BCUT2D eigenvalue weighted by molar-refractivity contribution is 0.0709. The lowest BCUT2D eigenvalue weighted by Crippen LogP contribution is -2.31. The van der Waals surface area contributed by atoms with Gasteiger partial charge >= 0.3 is 0 Å². The van der Waals surface area contributed by atoms with Crippen LogP contribution in [-0.2, 0) is 0 Å². The molecule has 1 fully saturated rings. The van der Waals surface area contributed by atoms with E-state index in [2.05, 4.69) is 25.3 Å². The Bertz CT molecular complexity index is 1340. The van der Waals surface area contributed by atoms with Crippen LogP contribution in [0.15, 0.2) is 47.4 Å². The first-order valence-electron chi connectivity index (χ1n) is 11.1. The predicted molar refractivity (Wildman–Crippen MR) is 120 cm³/mol. The molecule has 12 heteroatoms. The van der Waals surface area contributed by atoms with Crippen LogP contribution in [0.4, 0.5) is 4.39 Å². The molecule has 5 rings (SSSR count). The van der Waals surface area contributed by atoms with E-state index in [0.717, 1.165) is 6.42 Å². The number of hydrogen-bond acceptors (Lipinski definition) is 9. The van der Waals surface area contributed by atoms with Crippen molar-refractivity contribution in [2.45, 2.75) is 25.8 Å². The van der Waals surface area contributed by atoms with Crippen molar-refractivity contribution in [1.82, 2.24) is 35.0 Å². The Balaban J connectivity index is 1.49. The summed E-state index contributed by atoms with van der Waals surface area (Å²) in [5.74, 6) is -0.0195. The molecule has 1 atom stereocenters. The first-order valence-corrected chi connectivity index (χ1v) is 11.1. The summed E-state index contributed by atoms with van der Waals surface area (Å²) in [4.78, 5) is 25.3. The first kappa shape index (κ1) is 22.4. The number of rotatable bonds is 7. The largest absolute Gasteiger partial charge is 0.494 e. The van der Waals surface area contributed by atoms with E-state index in [1.54, 1.807) is 23.2 Å². The summed E-state index contributed by atoms with van der Waals surface area (Å²) in [5.41, 5.74) is 0.986. The van der Waals surface area contributed by atoms with Crippen molar-refractivity contribution in [3.8, 4) is 28.7 Å². The van der Waals surface area contributed by atoms with E-state index >= 15 is 0 Å². The van der Waals surface area contributed by atoms with Gasteiger partial charge in [-0.1, -0.05) is 5.16 Å². The third-order valence-electron chi connectivity index (χ3n) is 5.67. The summed E-state index contributed by atoms with van der Waals surface area (Å²) in [7, 11) is 1.34. The highest BCUT2D eigenvalue weighted by Gasteiger charge is 2.36. The van der Waals surface area contributed by atoms with Gasteiger partial charge in [0, 0.05) is 18.8 Å². The topological polar surface area (TPSA) is 121 Å². The van der Waals surface area contributed by atoms with Crippen molar-refractivity contribution in [2.24, 2.45) is 0 Å². The molecule has 1 saturated heterocycles. The van der Waals surface area contributed by atoms with Gasteiger partial charge in [0.25, 0.3) is 5.91 Å². The normalized spacial score (nSPS) is 15.4. The summed E-state index contributed by atoms with van der Waals surface area (Å²) in [6, 6.07) is 5.63. The van der Waals surface area contributed by atoms with Crippen LogP contribution < -0.4 is 9.47 Å². The molecular formula is C23H22FN7O4. The number of hydrogen-bond donors (Lipinski definition) is 0. The van der Waals surface area contributed by atoms with Crippen molar-refractivity contribution < 1.29 is 23.2 Å². The van der Waals surface area contributed by atoms with E-state index in [4.69, 9.17) is 14.0 Å². The molecule has 0 N–H and O–H groups in total. The molecule has 1 aliphatic heterocycles. The highest BCUT2D eigenvalue weighted by Crippen LogP contribution is 2.36. The van der Waals surface area contributed by atoms with Crippen molar-refractivity contribution in [3.05, 3.63) is 60.1 Å². The Morgan fingerprint density at radius 1 is 1.26 bits per heavy atom. The van der Waals surface area contributed by atoms with Crippen LogP contribution in [0.5, 0.6) is 11.6 Å². The maximum Gasteiger partial charge on any atom is 0.256 e. The number of carbonyl (C=O) groups is 1. The maximum absolute atomic E-state index is 14.5. The molecule has 180 valence electrons. The van der Waals surface area contributed by atoms with Gasteiger partial charge in [0.1, 0.15) is 11.7 Å². The molecular weight excluding hydrogens is 457 g/mol. The number of benzene rings is 1. The quantitative estimate of drug-likeness (QED) is 0.393. The third-order valence-corrected chi connectivity index (χ3v) is 5.67. The molecule has 0 bridgehead atoms.